The highest BCUT2D eigenvalue weighted by atomic mass is 127. The summed E-state index contributed by atoms with van der Waals surface area (Å²) in [5, 5.41) is 0. The smallest absolute Gasteiger partial charge is 0.226 e. The molecule has 4 heteroatoms. The molecule has 0 radical (unpaired) electrons. The molecule has 0 aliphatic heterocycles. The van der Waals surface area contributed by atoms with E-state index in [2.05, 4.69) is 0 Å². The van der Waals surface area contributed by atoms with Gasteiger partial charge in [-0.2, -0.15) is 0 Å². The number of ketones is 1. The van der Waals surface area contributed by atoms with Crippen molar-refractivity contribution in [2.75, 3.05) is 7.11 Å². The van der Waals surface area contributed by atoms with Gasteiger partial charge in [0.2, 0.25) is 3.79 Å². The first kappa shape index (κ1) is 14.5. The molecule has 0 N–H and O–H groups in total. The number of carbonyl (C=O) groups is 2. The van der Waals surface area contributed by atoms with Crippen LogP contribution >= 0.6 is 22.6 Å². The van der Waals surface area contributed by atoms with Crippen molar-refractivity contribution in [2.24, 2.45) is 11.8 Å². The van der Waals surface area contributed by atoms with E-state index in [1.165, 1.54) is 0 Å². The second-order valence-electron chi connectivity index (χ2n) is 5.09. The highest BCUT2D eigenvalue weighted by Gasteiger charge is 2.32. The SMILES string of the molecule is COc1cc(CC(C)C(=O)C2CC2)ccc1C(=O)I. The van der Waals surface area contributed by atoms with Crippen LogP contribution in [-0.2, 0) is 11.2 Å². The summed E-state index contributed by atoms with van der Waals surface area (Å²) in [4.78, 5) is 23.4. The molecule has 1 aliphatic carbocycles. The van der Waals surface area contributed by atoms with Gasteiger partial charge in [0, 0.05) is 34.4 Å². The lowest BCUT2D eigenvalue weighted by molar-refractivity contribution is -0.123. The van der Waals surface area contributed by atoms with E-state index in [1.54, 1.807) is 35.8 Å². The highest BCUT2D eigenvalue weighted by molar-refractivity contribution is 14.1. The third kappa shape index (κ3) is 3.55. The van der Waals surface area contributed by atoms with Gasteiger partial charge >= 0.3 is 0 Å². The van der Waals surface area contributed by atoms with Gasteiger partial charge in [-0.05, 0) is 37.0 Å². The predicted molar refractivity (Wildman–Crippen MR) is 81.9 cm³/mol. The molecule has 0 amide bonds. The quantitative estimate of drug-likeness (QED) is 0.568. The van der Waals surface area contributed by atoms with Gasteiger partial charge in [-0.1, -0.05) is 13.0 Å². The average molecular weight is 372 g/mol. The third-order valence-corrected chi connectivity index (χ3v) is 4.07. The van der Waals surface area contributed by atoms with Crippen LogP contribution in [0.2, 0.25) is 0 Å². The number of benzene rings is 1. The Hall–Kier alpha value is -0.910. The van der Waals surface area contributed by atoms with Crippen molar-refractivity contribution in [3.05, 3.63) is 29.3 Å². The Kier molecular flexibility index (Phi) is 4.60. The fraction of sp³-hybridized carbons (Fsp3) is 0.467. The number of methoxy groups -OCH3 is 1. The molecular formula is C15H17IO3. The van der Waals surface area contributed by atoms with Crippen LogP contribution in [0.3, 0.4) is 0 Å². The maximum Gasteiger partial charge on any atom is 0.226 e. The molecule has 1 saturated carbocycles. The molecule has 1 unspecified atom stereocenters. The van der Waals surface area contributed by atoms with Crippen molar-refractivity contribution < 1.29 is 14.3 Å². The second-order valence-corrected chi connectivity index (χ2v) is 6.07. The van der Waals surface area contributed by atoms with E-state index >= 15 is 0 Å². The predicted octanol–water partition coefficient (Wildman–Crippen LogP) is 3.43. The van der Waals surface area contributed by atoms with E-state index in [4.69, 9.17) is 4.74 Å². The third-order valence-electron chi connectivity index (χ3n) is 3.49. The summed E-state index contributed by atoms with van der Waals surface area (Å²) >= 11 is 1.75. The Labute approximate surface area is 126 Å². The van der Waals surface area contributed by atoms with E-state index in [1.807, 2.05) is 19.1 Å². The standard InChI is InChI=1S/C15H17IO3/c1-9(14(17)11-4-5-11)7-10-3-6-12(15(16)18)13(8-10)19-2/h3,6,8-9,11H,4-5,7H2,1-2H3. The minimum Gasteiger partial charge on any atom is -0.496 e. The lowest BCUT2D eigenvalue weighted by Gasteiger charge is -2.12. The van der Waals surface area contributed by atoms with Crippen LogP contribution in [0.1, 0.15) is 35.7 Å². The molecule has 1 atom stereocenters. The molecule has 1 aromatic carbocycles. The number of rotatable bonds is 6. The van der Waals surface area contributed by atoms with Gasteiger partial charge in [0.25, 0.3) is 0 Å². The number of Topliss-reactive ketones (excluding diaryl/α,β-unsaturated/α-hetero) is 1. The first-order valence-electron chi connectivity index (χ1n) is 6.43. The molecule has 19 heavy (non-hydrogen) atoms. The molecule has 0 spiro atoms. The van der Waals surface area contributed by atoms with Crippen molar-refractivity contribution in [1.29, 1.82) is 0 Å². The summed E-state index contributed by atoms with van der Waals surface area (Å²) in [6.07, 6.45) is 2.81. The van der Waals surface area contributed by atoms with E-state index in [0.717, 1.165) is 18.4 Å². The van der Waals surface area contributed by atoms with E-state index in [-0.39, 0.29) is 9.71 Å². The van der Waals surface area contributed by atoms with Crippen LogP contribution in [0.5, 0.6) is 5.75 Å². The van der Waals surface area contributed by atoms with E-state index in [0.29, 0.717) is 29.4 Å². The summed E-state index contributed by atoms with van der Waals surface area (Å²) in [6.45, 7) is 1.98. The van der Waals surface area contributed by atoms with Crippen LogP contribution in [0.15, 0.2) is 18.2 Å². The van der Waals surface area contributed by atoms with Gasteiger partial charge in [0.05, 0.1) is 12.7 Å². The molecule has 1 aliphatic rings. The number of halogens is 1. The molecule has 0 saturated heterocycles. The molecule has 0 aromatic heterocycles. The first-order valence-corrected chi connectivity index (χ1v) is 7.51. The molecule has 2 rings (SSSR count). The Balaban J connectivity index is 2.12. The zero-order chi connectivity index (χ0) is 14.0. The van der Waals surface area contributed by atoms with Gasteiger partial charge in [0.1, 0.15) is 11.5 Å². The van der Waals surface area contributed by atoms with Crippen molar-refractivity contribution in [2.45, 2.75) is 26.2 Å². The molecule has 0 bridgehead atoms. The largest absolute Gasteiger partial charge is 0.496 e. The fourth-order valence-electron chi connectivity index (χ4n) is 2.25. The van der Waals surface area contributed by atoms with Gasteiger partial charge in [-0.15, -0.1) is 0 Å². The van der Waals surface area contributed by atoms with Crippen LogP contribution in [0.4, 0.5) is 0 Å². The van der Waals surface area contributed by atoms with Gasteiger partial charge in [0.15, 0.2) is 0 Å². The summed E-state index contributed by atoms with van der Waals surface area (Å²) in [7, 11) is 1.56. The normalized spacial score (nSPS) is 15.9. The molecule has 1 fully saturated rings. The minimum atomic E-state index is -0.0388. The summed E-state index contributed by atoms with van der Waals surface area (Å²) < 4.78 is 5.20. The molecule has 0 heterocycles. The molecule has 3 nitrogen and oxygen atoms in total. The van der Waals surface area contributed by atoms with E-state index < -0.39 is 0 Å². The topological polar surface area (TPSA) is 43.4 Å². The zero-order valence-electron chi connectivity index (χ0n) is 11.1. The summed E-state index contributed by atoms with van der Waals surface area (Å²) in [5.41, 5.74) is 1.62. The summed E-state index contributed by atoms with van der Waals surface area (Å²) in [5.74, 6) is 1.29. The van der Waals surface area contributed by atoms with Crippen molar-refractivity contribution in [1.82, 2.24) is 0 Å². The van der Waals surface area contributed by atoms with Crippen LogP contribution in [0.25, 0.3) is 0 Å². The number of hydrogen-bond donors (Lipinski definition) is 0. The lowest BCUT2D eigenvalue weighted by atomic mass is 9.94. The van der Waals surface area contributed by atoms with Crippen molar-refractivity contribution in [3.8, 4) is 5.75 Å². The van der Waals surface area contributed by atoms with Gasteiger partial charge < -0.3 is 4.74 Å². The van der Waals surface area contributed by atoms with Crippen molar-refractivity contribution >= 4 is 32.2 Å². The minimum absolute atomic E-state index is 0.0388. The number of hydrogen-bond acceptors (Lipinski definition) is 3. The number of carbonyl (C=O) groups excluding carboxylic acids is 2. The lowest BCUT2D eigenvalue weighted by Crippen LogP contribution is -2.15. The Morgan fingerprint density at radius 2 is 2.11 bits per heavy atom. The van der Waals surface area contributed by atoms with Crippen molar-refractivity contribution in [3.63, 3.8) is 0 Å². The average Bonchev–Trinajstić information content (AvgIpc) is 3.21. The molecular weight excluding hydrogens is 355 g/mol. The summed E-state index contributed by atoms with van der Waals surface area (Å²) in [6, 6.07) is 5.55. The highest BCUT2D eigenvalue weighted by Crippen LogP contribution is 2.33. The zero-order valence-corrected chi connectivity index (χ0v) is 13.3. The maximum absolute atomic E-state index is 12.0. The fourth-order valence-corrected chi connectivity index (χ4v) is 2.69. The monoisotopic (exact) mass is 372 g/mol. The Bertz CT molecular complexity index is 506. The molecule has 1 aromatic rings. The van der Waals surface area contributed by atoms with Gasteiger partial charge in [-0.3, -0.25) is 9.59 Å². The van der Waals surface area contributed by atoms with E-state index in [9.17, 15) is 9.59 Å². The van der Waals surface area contributed by atoms with Gasteiger partial charge in [-0.25, -0.2) is 0 Å². The van der Waals surface area contributed by atoms with Crippen LogP contribution in [-0.4, -0.2) is 16.7 Å². The molecule has 102 valence electrons. The maximum atomic E-state index is 12.0. The second kappa shape index (κ2) is 6.03. The first-order chi connectivity index (χ1) is 9.02. The van der Waals surface area contributed by atoms with Crippen LogP contribution < -0.4 is 4.74 Å². The van der Waals surface area contributed by atoms with Crippen LogP contribution in [0, 0.1) is 11.8 Å². The number of ether oxygens (including phenoxy) is 1. The Morgan fingerprint density at radius 1 is 1.42 bits per heavy atom. The Morgan fingerprint density at radius 3 is 2.63 bits per heavy atom.